The van der Waals surface area contributed by atoms with Crippen molar-refractivity contribution in [3.8, 4) is 17.6 Å². The molecule has 0 radical (unpaired) electrons. The highest BCUT2D eigenvalue weighted by Crippen LogP contribution is 2.28. The monoisotopic (exact) mass is 530 g/mol. The first-order valence-electron chi connectivity index (χ1n) is 10.5. The van der Waals surface area contributed by atoms with Crippen LogP contribution >= 0.6 is 0 Å². The van der Waals surface area contributed by atoms with Crippen molar-refractivity contribution in [2.45, 2.75) is 24.2 Å². The van der Waals surface area contributed by atoms with Crippen LogP contribution in [0, 0.1) is 11.3 Å². The quantitative estimate of drug-likeness (QED) is 0.400. The average Bonchev–Trinajstić information content (AvgIpc) is 3.22. The van der Waals surface area contributed by atoms with Crippen LogP contribution in [-0.2, 0) is 9.84 Å². The summed E-state index contributed by atoms with van der Waals surface area (Å²) >= 11 is 0. The molecule has 37 heavy (non-hydrogen) atoms. The Labute approximate surface area is 208 Å². The third-order valence-electron chi connectivity index (χ3n) is 5.09. The summed E-state index contributed by atoms with van der Waals surface area (Å²) < 4.78 is 67.7. The molecule has 0 saturated carbocycles. The molecule has 0 aliphatic carbocycles. The topological polar surface area (TPSA) is 140 Å². The number of carbonyl (C=O) groups is 1. The molecule has 190 valence electrons. The molecule has 0 aliphatic heterocycles. The fourth-order valence-electron chi connectivity index (χ4n) is 3.48. The third-order valence-corrected chi connectivity index (χ3v) is 6.18. The molecule has 1 atom stereocenters. The predicted molar refractivity (Wildman–Crippen MR) is 123 cm³/mol. The van der Waals surface area contributed by atoms with Crippen LogP contribution in [0.2, 0.25) is 0 Å². The maximum atomic E-state index is 13.0. The van der Waals surface area contributed by atoms with Crippen molar-refractivity contribution in [1.82, 2.24) is 24.8 Å². The van der Waals surface area contributed by atoms with Gasteiger partial charge < -0.3 is 10.1 Å². The number of hydrogen-bond donors (Lipinski definition) is 1. The number of hydrogen-bond acceptors (Lipinski definition) is 8. The van der Waals surface area contributed by atoms with Gasteiger partial charge in [-0.3, -0.25) is 9.36 Å². The Kier molecular flexibility index (Phi) is 6.57. The lowest BCUT2D eigenvalue weighted by Crippen LogP contribution is -2.29. The van der Waals surface area contributed by atoms with Crippen molar-refractivity contribution in [2.24, 2.45) is 0 Å². The van der Waals surface area contributed by atoms with Gasteiger partial charge >= 0.3 is 6.36 Å². The van der Waals surface area contributed by atoms with Gasteiger partial charge in [-0.05, 0) is 49.4 Å². The molecule has 1 N–H and O–H groups in total. The number of nitrogens with zero attached hydrogens (tertiary/aromatic N) is 5. The Morgan fingerprint density at radius 3 is 2.57 bits per heavy atom. The van der Waals surface area contributed by atoms with Crippen molar-refractivity contribution in [1.29, 1.82) is 5.26 Å². The van der Waals surface area contributed by atoms with Crippen LogP contribution in [-0.4, -0.2) is 46.5 Å². The molecule has 0 bridgehead atoms. The fraction of sp³-hybridized carbons (Fsp3) is 0.174. The number of rotatable bonds is 6. The van der Waals surface area contributed by atoms with E-state index in [4.69, 9.17) is 5.26 Å². The number of sulfone groups is 1. The maximum Gasteiger partial charge on any atom is 0.573 e. The number of fused-ring (bicyclic) bond motifs is 1. The highest BCUT2D eigenvalue weighted by atomic mass is 32.2. The van der Waals surface area contributed by atoms with E-state index in [1.807, 2.05) is 6.07 Å². The van der Waals surface area contributed by atoms with Crippen LogP contribution in [0.5, 0.6) is 5.75 Å². The van der Waals surface area contributed by atoms with Crippen molar-refractivity contribution in [3.05, 3.63) is 71.8 Å². The van der Waals surface area contributed by atoms with Crippen molar-refractivity contribution in [3.63, 3.8) is 0 Å². The minimum absolute atomic E-state index is 0.283. The molecule has 1 aromatic carbocycles. The van der Waals surface area contributed by atoms with E-state index in [0.29, 0.717) is 28.6 Å². The first-order chi connectivity index (χ1) is 17.4. The summed E-state index contributed by atoms with van der Waals surface area (Å²) in [5.74, 6) is -1.09. The van der Waals surface area contributed by atoms with Crippen molar-refractivity contribution in [2.75, 3.05) is 6.26 Å². The molecule has 0 saturated heterocycles. The van der Waals surface area contributed by atoms with E-state index in [9.17, 15) is 26.4 Å². The van der Waals surface area contributed by atoms with Gasteiger partial charge in [-0.15, -0.1) is 13.2 Å². The Balaban J connectivity index is 1.73. The van der Waals surface area contributed by atoms with Crippen LogP contribution in [0.3, 0.4) is 0 Å². The molecule has 0 fully saturated rings. The Hall–Kier alpha value is -4.51. The zero-order valence-corrected chi connectivity index (χ0v) is 20.0. The molecule has 1 unspecified atom stereocenters. The van der Waals surface area contributed by atoms with E-state index in [-0.39, 0.29) is 11.4 Å². The Morgan fingerprint density at radius 1 is 1.19 bits per heavy atom. The summed E-state index contributed by atoms with van der Waals surface area (Å²) in [7, 11) is -3.97. The summed E-state index contributed by atoms with van der Waals surface area (Å²) in [6, 6.07) is 10.0. The molecule has 1 amide bonds. The summed E-state index contributed by atoms with van der Waals surface area (Å²) in [5.41, 5.74) is 0.846. The van der Waals surface area contributed by atoms with Crippen LogP contribution < -0.4 is 10.1 Å². The third kappa shape index (κ3) is 5.67. The SMILES string of the molecule is CC(NC(=O)c1cc(OC(F)(F)F)cc(S(C)(=O)=O)c1)c1nc2cccnc2n1-c1ccc(C#N)cn1. The number of nitriles is 1. The highest BCUT2D eigenvalue weighted by Gasteiger charge is 2.32. The van der Waals surface area contributed by atoms with Gasteiger partial charge in [0.05, 0.1) is 16.5 Å². The van der Waals surface area contributed by atoms with Gasteiger partial charge in [0.15, 0.2) is 15.5 Å². The lowest BCUT2D eigenvalue weighted by atomic mass is 10.2. The largest absolute Gasteiger partial charge is 0.573 e. The van der Waals surface area contributed by atoms with Gasteiger partial charge in [-0.1, -0.05) is 0 Å². The number of aromatic nitrogens is 4. The minimum atomic E-state index is -5.09. The average molecular weight is 530 g/mol. The molecular formula is C23H17F3N6O4S. The lowest BCUT2D eigenvalue weighted by Gasteiger charge is -2.17. The van der Waals surface area contributed by atoms with Gasteiger partial charge in [0, 0.05) is 24.2 Å². The standard InChI is InChI=1S/C23H17F3N6O4S/c1-13(30-22(33)15-8-16(36-23(24,25)26)10-17(9-15)37(2,34)35)20-31-18-4-3-7-28-21(18)32(20)19-6-5-14(11-27)12-29-19/h3-10,12-13H,1-2H3,(H,30,33). The Bertz CT molecular complexity index is 1640. The number of imidazole rings is 1. The second kappa shape index (κ2) is 9.51. The number of amides is 1. The van der Waals surface area contributed by atoms with E-state index in [0.717, 1.165) is 18.4 Å². The number of pyridine rings is 2. The molecule has 0 spiro atoms. The van der Waals surface area contributed by atoms with Gasteiger partial charge in [0.25, 0.3) is 5.91 Å². The molecule has 4 aromatic rings. The molecule has 0 aliphatic rings. The zero-order chi connectivity index (χ0) is 27.0. The van der Waals surface area contributed by atoms with Crippen molar-refractivity contribution >= 4 is 26.9 Å². The second-order valence-corrected chi connectivity index (χ2v) is 9.89. The first-order valence-corrected chi connectivity index (χ1v) is 12.4. The summed E-state index contributed by atoms with van der Waals surface area (Å²) in [6.45, 7) is 1.58. The number of alkyl halides is 3. The van der Waals surface area contributed by atoms with Gasteiger partial charge in [-0.2, -0.15) is 5.26 Å². The van der Waals surface area contributed by atoms with Gasteiger partial charge in [-0.25, -0.2) is 23.4 Å². The smallest absolute Gasteiger partial charge is 0.406 e. The molecule has 14 heteroatoms. The first kappa shape index (κ1) is 25.6. The molecular weight excluding hydrogens is 513 g/mol. The zero-order valence-electron chi connectivity index (χ0n) is 19.2. The number of benzene rings is 1. The number of ether oxygens (including phenoxy) is 1. The number of carbonyl (C=O) groups excluding carboxylic acids is 1. The van der Waals surface area contributed by atoms with Crippen LogP contribution in [0.15, 0.2) is 59.8 Å². The van der Waals surface area contributed by atoms with Crippen molar-refractivity contribution < 1.29 is 31.1 Å². The number of nitrogens with one attached hydrogen (secondary N) is 1. The van der Waals surface area contributed by atoms with E-state index < -0.39 is 38.8 Å². The minimum Gasteiger partial charge on any atom is -0.406 e. The molecule has 3 aromatic heterocycles. The lowest BCUT2D eigenvalue weighted by molar-refractivity contribution is -0.274. The van der Waals surface area contributed by atoms with Crippen LogP contribution in [0.4, 0.5) is 13.2 Å². The highest BCUT2D eigenvalue weighted by molar-refractivity contribution is 7.90. The Morgan fingerprint density at radius 2 is 1.95 bits per heavy atom. The molecule has 10 nitrogen and oxygen atoms in total. The summed E-state index contributed by atoms with van der Waals surface area (Å²) in [5, 5.41) is 11.7. The van der Waals surface area contributed by atoms with Gasteiger partial charge in [0.2, 0.25) is 0 Å². The summed E-state index contributed by atoms with van der Waals surface area (Å²) in [6.07, 6.45) is -1.40. The maximum absolute atomic E-state index is 13.0. The molecule has 3 heterocycles. The van der Waals surface area contributed by atoms with Gasteiger partial charge in [0.1, 0.15) is 29.0 Å². The fourth-order valence-corrected chi connectivity index (χ4v) is 4.16. The van der Waals surface area contributed by atoms with Crippen LogP contribution in [0.1, 0.15) is 34.7 Å². The number of halogens is 3. The molecule has 4 rings (SSSR count). The second-order valence-electron chi connectivity index (χ2n) is 7.88. The normalized spacial score (nSPS) is 12.6. The summed E-state index contributed by atoms with van der Waals surface area (Å²) in [4.78, 5) is 25.6. The van der Waals surface area contributed by atoms with E-state index in [2.05, 4.69) is 25.0 Å². The van der Waals surface area contributed by atoms with E-state index >= 15 is 0 Å². The van der Waals surface area contributed by atoms with E-state index in [1.165, 1.54) is 12.4 Å². The van der Waals surface area contributed by atoms with E-state index in [1.54, 1.807) is 35.8 Å². The van der Waals surface area contributed by atoms with Crippen LogP contribution in [0.25, 0.3) is 17.0 Å². The predicted octanol–water partition coefficient (Wildman–Crippen LogP) is 3.48.